The van der Waals surface area contributed by atoms with Crippen LogP contribution in [0, 0.1) is 6.92 Å². The molecule has 1 aromatic carbocycles. The monoisotopic (exact) mass is 331 g/mol. The summed E-state index contributed by atoms with van der Waals surface area (Å²) in [4.78, 5) is 36.6. The van der Waals surface area contributed by atoms with Crippen LogP contribution in [0.15, 0.2) is 30.0 Å². The average Bonchev–Trinajstić information content (AvgIpc) is 2.79. The second-order valence-electron chi connectivity index (χ2n) is 5.53. The van der Waals surface area contributed by atoms with E-state index < -0.39 is 11.8 Å². The van der Waals surface area contributed by atoms with Crippen molar-refractivity contribution in [3.8, 4) is 0 Å². The molecule has 7 heteroatoms. The van der Waals surface area contributed by atoms with E-state index in [2.05, 4.69) is 10.6 Å². The summed E-state index contributed by atoms with van der Waals surface area (Å²) in [6.45, 7) is 3.46. The van der Waals surface area contributed by atoms with Gasteiger partial charge in [0.2, 0.25) is 5.91 Å². The van der Waals surface area contributed by atoms with Crippen LogP contribution in [0.25, 0.3) is 0 Å². The van der Waals surface area contributed by atoms with Gasteiger partial charge < -0.3 is 15.7 Å². The molecule has 1 aromatic rings. The minimum Gasteiger partial charge on any atom is -0.395 e. The molecule has 1 heterocycles. The summed E-state index contributed by atoms with van der Waals surface area (Å²) in [5.74, 6) is -1.01. The number of β-amino-alcohol motifs (C(OH)–C–C–N with tert-alkyl or cyclic N) is 1. The van der Waals surface area contributed by atoms with Crippen LogP contribution in [0.3, 0.4) is 0 Å². The number of nitrogens with zero attached hydrogens (tertiary/aromatic N) is 1. The third kappa shape index (κ3) is 3.99. The summed E-state index contributed by atoms with van der Waals surface area (Å²) in [6.07, 6.45) is 2.40. The fraction of sp³-hybridized carbons (Fsp3) is 0.353. The molecule has 128 valence electrons. The lowest BCUT2D eigenvalue weighted by atomic mass is 10.1. The van der Waals surface area contributed by atoms with Gasteiger partial charge in [-0.3, -0.25) is 19.3 Å². The Labute approximate surface area is 140 Å². The molecule has 2 rings (SSSR count). The molecule has 3 N–H and O–H groups in total. The quantitative estimate of drug-likeness (QED) is 0.656. The summed E-state index contributed by atoms with van der Waals surface area (Å²) >= 11 is 0. The molecule has 1 aliphatic rings. The van der Waals surface area contributed by atoms with Gasteiger partial charge in [-0.2, -0.15) is 0 Å². The number of anilines is 2. The van der Waals surface area contributed by atoms with E-state index in [0.29, 0.717) is 17.8 Å². The van der Waals surface area contributed by atoms with Crippen molar-refractivity contribution in [2.45, 2.75) is 26.7 Å². The van der Waals surface area contributed by atoms with E-state index in [4.69, 9.17) is 5.11 Å². The molecule has 0 fully saturated rings. The van der Waals surface area contributed by atoms with Crippen LogP contribution in [-0.2, 0) is 14.4 Å². The molecule has 1 aliphatic heterocycles. The Hall–Kier alpha value is -2.67. The molecule has 0 atom stereocenters. The average molecular weight is 331 g/mol. The first-order valence-electron chi connectivity index (χ1n) is 7.82. The van der Waals surface area contributed by atoms with Gasteiger partial charge in [0.15, 0.2) is 0 Å². The number of imide groups is 1. The van der Waals surface area contributed by atoms with Crippen molar-refractivity contribution in [2.75, 3.05) is 23.8 Å². The number of hydrogen-bond donors (Lipinski definition) is 3. The van der Waals surface area contributed by atoms with Gasteiger partial charge >= 0.3 is 0 Å². The third-order valence-electron chi connectivity index (χ3n) is 3.60. The number of aliphatic hydroxyl groups excluding tert-OH is 1. The highest BCUT2D eigenvalue weighted by Gasteiger charge is 2.30. The first-order chi connectivity index (χ1) is 11.5. The molecule has 24 heavy (non-hydrogen) atoms. The van der Waals surface area contributed by atoms with E-state index in [1.54, 1.807) is 12.1 Å². The van der Waals surface area contributed by atoms with E-state index in [1.165, 1.54) is 6.08 Å². The molecule has 7 nitrogen and oxygen atoms in total. The first-order valence-corrected chi connectivity index (χ1v) is 7.82. The summed E-state index contributed by atoms with van der Waals surface area (Å²) in [7, 11) is 0. The van der Waals surface area contributed by atoms with E-state index >= 15 is 0 Å². The zero-order valence-electron chi connectivity index (χ0n) is 13.8. The number of carbonyl (C=O) groups excluding carboxylic acids is 3. The second kappa shape index (κ2) is 7.74. The first kappa shape index (κ1) is 17.7. The second-order valence-corrected chi connectivity index (χ2v) is 5.53. The molecule has 0 spiro atoms. The summed E-state index contributed by atoms with van der Waals surface area (Å²) in [6, 6.07) is 5.32. The van der Waals surface area contributed by atoms with Gasteiger partial charge in [-0.25, -0.2) is 0 Å². The summed E-state index contributed by atoms with van der Waals surface area (Å²) in [5.41, 5.74) is 2.26. The Morgan fingerprint density at radius 3 is 2.71 bits per heavy atom. The number of aryl methyl sites for hydroxylation is 1. The number of rotatable bonds is 7. The van der Waals surface area contributed by atoms with Gasteiger partial charge in [0, 0.05) is 23.9 Å². The predicted octanol–water partition coefficient (Wildman–Crippen LogP) is 1.39. The Kier molecular flexibility index (Phi) is 5.70. The van der Waals surface area contributed by atoms with Crippen molar-refractivity contribution in [2.24, 2.45) is 0 Å². The highest BCUT2D eigenvalue weighted by atomic mass is 16.3. The fourth-order valence-electron chi connectivity index (χ4n) is 2.34. The molecule has 0 bridgehead atoms. The minimum absolute atomic E-state index is 0.0363. The molecule has 0 aromatic heterocycles. The highest BCUT2D eigenvalue weighted by molar-refractivity contribution is 6.17. The highest BCUT2D eigenvalue weighted by Crippen LogP contribution is 2.24. The van der Waals surface area contributed by atoms with E-state index in [0.717, 1.165) is 16.9 Å². The predicted molar refractivity (Wildman–Crippen MR) is 90.2 cm³/mol. The van der Waals surface area contributed by atoms with Crippen LogP contribution in [0.1, 0.15) is 25.3 Å². The van der Waals surface area contributed by atoms with Crippen molar-refractivity contribution in [3.05, 3.63) is 35.5 Å². The SMILES string of the molecule is CCCC(=O)Nc1ccc(C)c(NC2=CC(=O)N(CCO)C2=O)c1. The third-order valence-corrected chi connectivity index (χ3v) is 3.60. The number of hydrogen-bond acceptors (Lipinski definition) is 5. The van der Waals surface area contributed by atoms with E-state index in [1.807, 2.05) is 19.9 Å². The molecule has 0 saturated heterocycles. The van der Waals surface area contributed by atoms with Gasteiger partial charge in [-0.15, -0.1) is 0 Å². The molecular weight excluding hydrogens is 310 g/mol. The van der Waals surface area contributed by atoms with Crippen LogP contribution in [-0.4, -0.2) is 40.9 Å². The van der Waals surface area contributed by atoms with Crippen molar-refractivity contribution >= 4 is 29.1 Å². The minimum atomic E-state index is -0.478. The lowest BCUT2D eigenvalue weighted by Gasteiger charge is -2.15. The Morgan fingerprint density at radius 1 is 1.29 bits per heavy atom. The van der Waals surface area contributed by atoms with Crippen LogP contribution in [0.4, 0.5) is 11.4 Å². The molecule has 0 unspecified atom stereocenters. The maximum absolute atomic E-state index is 12.2. The van der Waals surface area contributed by atoms with Crippen LogP contribution in [0.2, 0.25) is 0 Å². The molecule has 3 amide bonds. The standard InChI is InChI=1S/C17H21N3O4/c1-3-4-15(22)18-12-6-5-11(2)13(9-12)19-14-10-16(23)20(7-8-21)17(14)24/h5-6,9-10,19,21H,3-4,7-8H2,1-2H3,(H,18,22). The Bertz CT molecular complexity index is 697. The topological polar surface area (TPSA) is 98.7 Å². The smallest absolute Gasteiger partial charge is 0.277 e. The summed E-state index contributed by atoms with van der Waals surface area (Å²) in [5, 5.41) is 14.6. The maximum Gasteiger partial charge on any atom is 0.277 e. The molecular formula is C17H21N3O4. The van der Waals surface area contributed by atoms with Gasteiger partial charge in [-0.1, -0.05) is 13.0 Å². The van der Waals surface area contributed by atoms with Crippen molar-refractivity contribution < 1.29 is 19.5 Å². The number of aliphatic hydroxyl groups is 1. The zero-order chi connectivity index (χ0) is 17.7. The zero-order valence-corrected chi connectivity index (χ0v) is 13.8. The fourth-order valence-corrected chi connectivity index (χ4v) is 2.34. The number of benzene rings is 1. The van der Waals surface area contributed by atoms with Crippen LogP contribution in [0.5, 0.6) is 0 Å². The van der Waals surface area contributed by atoms with Gasteiger partial charge in [0.05, 0.1) is 13.2 Å². The Balaban J connectivity index is 2.15. The van der Waals surface area contributed by atoms with Crippen LogP contribution >= 0.6 is 0 Å². The number of carbonyl (C=O) groups is 3. The molecule has 0 radical (unpaired) electrons. The maximum atomic E-state index is 12.2. The summed E-state index contributed by atoms with van der Waals surface area (Å²) < 4.78 is 0. The van der Waals surface area contributed by atoms with E-state index in [-0.39, 0.29) is 24.8 Å². The van der Waals surface area contributed by atoms with Crippen molar-refractivity contribution in [1.29, 1.82) is 0 Å². The lowest BCUT2D eigenvalue weighted by Crippen LogP contribution is -2.34. The van der Waals surface area contributed by atoms with Gasteiger partial charge in [0.25, 0.3) is 11.8 Å². The number of nitrogens with one attached hydrogen (secondary N) is 2. The molecule has 0 saturated carbocycles. The largest absolute Gasteiger partial charge is 0.395 e. The molecule has 0 aliphatic carbocycles. The van der Waals surface area contributed by atoms with E-state index in [9.17, 15) is 14.4 Å². The van der Waals surface area contributed by atoms with Crippen molar-refractivity contribution in [1.82, 2.24) is 4.90 Å². The Morgan fingerprint density at radius 2 is 2.04 bits per heavy atom. The van der Waals surface area contributed by atoms with Gasteiger partial charge in [-0.05, 0) is 31.0 Å². The van der Waals surface area contributed by atoms with Crippen molar-refractivity contribution in [3.63, 3.8) is 0 Å². The van der Waals surface area contributed by atoms with Gasteiger partial charge in [0.1, 0.15) is 5.70 Å². The number of amides is 3. The van der Waals surface area contributed by atoms with Crippen LogP contribution < -0.4 is 10.6 Å². The lowest BCUT2D eigenvalue weighted by molar-refractivity contribution is -0.137. The normalized spacial score (nSPS) is 14.0.